The average Bonchev–Trinajstić information content (AvgIpc) is 2.52. The van der Waals surface area contributed by atoms with Gasteiger partial charge in [-0.1, -0.05) is 27.4 Å². The second-order valence-corrected chi connectivity index (χ2v) is 5.25. The molecule has 0 radical (unpaired) electrons. The topological polar surface area (TPSA) is 41.1 Å². The summed E-state index contributed by atoms with van der Waals surface area (Å²) in [4.78, 5) is 10.8. The fraction of sp³-hybridized carbons (Fsp3) is 0.600. The zero-order valence-corrected chi connectivity index (χ0v) is 14.3. The van der Waals surface area contributed by atoms with E-state index in [0.29, 0.717) is 0 Å². The van der Waals surface area contributed by atoms with Gasteiger partial charge < -0.3 is 10.2 Å². The molecular weight excluding hydrogens is 316 g/mol. The molecule has 1 aliphatic heterocycles. The van der Waals surface area contributed by atoms with Crippen LogP contribution in [0.1, 0.15) is 45.7 Å². The summed E-state index contributed by atoms with van der Waals surface area (Å²) in [6.45, 7) is 12.3. The Kier molecular flexibility index (Phi) is 7.59. The number of hydrogen-bond acceptors (Lipinski definition) is 4. The normalized spacial score (nSPS) is 14.3. The van der Waals surface area contributed by atoms with Crippen LogP contribution >= 0.6 is 15.9 Å². The van der Waals surface area contributed by atoms with Gasteiger partial charge >= 0.3 is 0 Å². The fourth-order valence-electron chi connectivity index (χ4n) is 2.12. The highest BCUT2D eigenvalue weighted by Crippen LogP contribution is 2.25. The number of nitrogens with one attached hydrogen (secondary N) is 1. The lowest BCUT2D eigenvalue weighted by molar-refractivity contribution is 0.289. The van der Waals surface area contributed by atoms with E-state index in [1.807, 2.05) is 13.8 Å². The molecule has 4 nitrogen and oxygen atoms in total. The Morgan fingerprint density at radius 3 is 2.55 bits per heavy atom. The van der Waals surface area contributed by atoms with Crippen molar-refractivity contribution in [3.05, 3.63) is 28.9 Å². The number of piperidine rings is 1. The van der Waals surface area contributed by atoms with Crippen molar-refractivity contribution in [3.63, 3.8) is 0 Å². The molecule has 1 fully saturated rings. The SMILES string of the molecule is C=C(Nc1ncnc(CC)c1Br)N1CCCCC1.CC. The van der Waals surface area contributed by atoms with Crippen molar-refractivity contribution >= 4 is 21.7 Å². The molecule has 1 aromatic rings. The van der Waals surface area contributed by atoms with Crippen LogP contribution in [-0.4, -0.2) is 28.0 Å². The van der Waals surface area contributed by atoms with E-state index < -0.39 is 0 Å². The Balaban J connectivity index is 0.000000956. The number of hydrogen-bond donors (Lipinski definition) is 1. The molecule has 20 heavy (non-hydrogen) atoms. The second kappa shape index (κ2) is 8.95. The summed E-state index contributed by atoms with van der Waals surface area (Å²) < 4.78 is 0.936. The van der Waals surface area contributed by atoms with Gasteiger partial charge in [-0.25, -0.2) is 9.97 Å². The van der Waals surface area contributed by atoms with E-state index in [1.54, 1.807) is 6.33 Å². The second-order valence-electron chi connectivity index (χ2n) is 4.46. The molecule has 2 heterocycles. The van der Waals surface area contributed by atoms with Crippen LogP contribution in [0, 0.1) is 0 Å². The molecule has 0 atom stereocenters. The number of nitrogens with zero attached hydrogens (tertiary/aromatic N) is 3. The summed E-state index contributed by atoms with van der Waals surface area (Å²) in [6, 6.07) is 0. The number of aryl methyl sites for hydroxylation is 1. The van der Waals surface area contributed by atoms with Gasteiger partial charge in [0.15, 0.2) is 0 Å². The van der Waals surface area contributed by atoms with Gasteiger partial charge in [-0.2, -0.15) is 0 Å². The Labute approximate surface area is 130 Å². The van der Waals surface area contributed by atoms with Gasteiger partial charge in [0.05, 0.1) is 16.0 Å². The maximum atomic E-state index is 4.27. The molecule has 0 aromatic carbocycles. The quantitative estimate of drug-likeness (QED) is 0.891. The van der Waals surface area contributed by atoms with Gasteiger partial charge in [0.2, 0.25) is 0 Å². The van der Waals surface area contributed by atoms with E-state index in [4.69, 9.17) is 0 Å². The van der Waals surface area contributed by atoms with Crippen LogP contribution in [0.25, 0.3) is 0 Å². The third-order valence-corrected chi connectivity index (χ3v) is 4.03. The molecule has 0 bridgehead atoms. The van der Waals surface area contributed by atoms with E-state index in [1.165, 1.54) is 19.3 Å². The summed E-state index contributed by atoms with van der Waals surface area (Å²) in [5, 5.41) is 3.29. The highest BCUT2D eigenvalue weighted by atomic mass is 79.9. The van der Waals surface area contributed by atoms with Crippen molar-refractivity contribution in [2.75, 3.05) is 18.4 Å². The molecule has 1 N–H and O–H groups in total. The van der Waals surface area contributed by atoms with Gasteiger partial charge in [0.25, 0.3) is 0 Å². The molecule has 1 aliphatic rings. The lowest BCUT2D eigenvalue weighted by Gasteiger charge is -2.30. The lowest BCUT2D eigenvalue weighted by atomic mass is 10.1. The van der Waals surface area contributed by atoms with Crippen LogP contribution in [0.2, 0.25) is 0 Å². The summed E-state index contributed by atoms with van der Waals surface area (Å²) in [5.74, 6) is 1.73. The molecule has 0 unspecified atom stereocenters. The summed E-state index contributed by atoms with van der Waals surface area (Å²) in [7, 11) is 0. The highest BCUT2D eigenvalue weighted by molar-refractivity contribution is 9.10. The standard InChI is InChI=1S/C13H19BrN4.C2H6/c1-3-11-12(14)13(16-9-15-11)17-10(2)18-7-5-4-6-8-18;1-2/h9H,2-8H2,1H3,(H,15,16,17);1-2H3. The Hall–Kier alpha value is -1.10. The minimum absolute atomic E-state index is 0.803. The first kappa shape index (κ1) is 17.0. The maximum Gasteiger partial charge on any atom is 0.149 e. The van der Waals surface area contributed by atoms with Gasteiger partial charge in [-0.05, 0) is 41.6 Å². The van der Waals surface area contributed by atoms with Crippen molar-refractivity contribution in [3.8, 4) is 0 Å². The molecule has 0 saturated carbocycles. The van der Waals surface area contributed by atoms with Crippen LogP contribution < -0.4 is 5.32 Å². The van der Waals surface area contributed by atoms with Gasteiger partial charge in [0, 0.05) is 13.1 Å². The van der Waals surface area contributed by atoms with Gasteiger partial charge in [-0.3, -0.25) is 0 Å². The molecule has 112 valence electrons. The van der Waals surface area contributed by atoms with Crippen LogP contribution in [0.15, 0.2) is 23.2 Å². The first-order chi connectivity index (χ1) is 9.72. The number of likely N-dealkylation sites (tertiary alicyclic amines) is 1. The predicted molar refractivity (Wildman–Crippen MR) is 88.6 cm³/mol. The predicted octanol–water partition coefficient (Wildman–Crippen LogP) is 4.20. The van der Waals surface area contributed by atoms with Crippen LogP contribution in [0.3, 0.4) is 0 Å². The Bertz CT molecular complexity index is 428. The maximum absolute atomic E-state index is 4.27. The number of halogens is 1. The molecular formula is C15H25BrN4. The first-order valence-electron chi connectivity index (χ1n) is 7.42. The van der Waals surface area contributed by atoms with Gasteiger partial charge in [-0.15, -0.1) is 0 Å². The molecule has 0 spiro atoms. The molecule has 5 heteroatoms. The van der Waals surface area contributed by atoms with Crippen molar-refractivity contribution < 1.29 is 0 Å². The number of aromatic nitrogens is 2. The zero-order chi connectivity index (χ0) is 15.0. The summed E-state index contributed by atoms with van der Waals surface area (Å²) in [6.07, 6.45) is 6.28. The number of anilines is 1. The van der Waals surface area contributed by atoms with Crippen molar-refractivity contribution in [1.29, 1.82) is 0 Å². The highest BCUT2D eigenvalue weighted by Gasteiger charge is 2.14. The third kappa shape index (κ3) is 4.47. The molecule has 1 saturated heterocycles. The summed E-state index contributed by atoms with van der Waals surface area (Å²) in [5.41, 5.74) is 1.01. The first-order valence-corrected chi connectivity index (χ1v) is 8.22. The minimum atomic E-state index is 0.803. The van der Waals surface area contributed by atoms with Crippen LogP contribution in [0.5, 0.6) is 0 Å². The Morgan fingerprint density at radius 2 is 1.95 bits per heavy atom. The van der Waals surface area contributed by atoms with E-state index in [0.717, 1.165) is 41.3 Å². The van der Waals surface area contributed by atoms with Crippen molar-refractivity contribution in [1.82, 2.24) is 14.9 Å². The lowest BCUT2D eigenvalue weighted by Crippen LogP contribution is -2.32. The minimum Gasteiger partial charge on any atom is -0.359 e. The molecule has 1 aromatic heterocycles. The molecule has 2 rings (SSSR count). The van der Waals surface area contributed by atoms with E-state index in [2.05, 4.69) is 49.6 Å². The number of rotatable bonds is 4. The zero-order valence-electron chi connectivity index (χ0n) is 12.7. The van der Waals surface area contributed by atoms with Crippen LogP contribution in [0.4, 0.5) is 5.82 Å². The molecule has 0 aliphatic carbocycles. The largest absolute Gasteiger partial charge is 0.359 e. The van der Waals surface area contributed by atoms with Crippen molar-refractivity contribution in [2.45, 2.75) is 46.5 Å². The third-order valence-electron chi connectivity index (χ3n) is 3.20. The van der Waals surface area contributed by atoms with E-state index in [-0.39, 0.29) is 0 Å². The van der Waals surface area contributed by atoms with Crippen molar-refractivity contribution in [2.24, 2.45) is 0 Å². The van der Waals surface area contributed by atoms with E-state index >= 15 is 0 Å². The van der Waals surface area contributed by atoms with E-state index in [9.17, 15) is 0 Å². The molecule has 0 amide bonds. The van der Waals surface area contributed by atoms with Crippen LogP contribution in [-0.2, 0) is 6.42 Å². The summed E-state index contributed by atoms with van der Waals surface area (Å²) >= 11 is 3.55. The average molecular weight is 341 g/mol. The monoisotopic (exact) mass is 340 g/mol. The smallest absolute Gasteiger partial charge is 0.149 e. The Morgan fingerprint density at radius 1 is 1.30 bits per heavy atom. The fourth-order valence-corrected chi connectivity index (χ4v) is 2.70. The van der Waals surface area contributed by atoms with Gasteiger partial charge in [0.1, 0.15) is 12.1 Å².